The van der Waals surface area contributed by atoms with Gasteiger partial charge in [-0.05, 0) is 30.5 Å². The molecule has 1 aromatic rings. The molecule has 0 aliphatic rings. The monoisotopic (exact) mass is 247 g/mol. The molecule has 2 N–H and O–H groups in total. The van der Waals surface area contributed by atoms with Gasteiger partial charge in [0.2, 0.25) is 0 Å². The minimum absolute atomic E-state index is 0.177. The van der Waals surface area contributed by atoms with Crippen molar-refractivity contribution in [3.63, 3.8) is 0 Å². The Balaban J connectivity index is 3.02. The topological polar surface area (TPSA) is 35.2 Å². The average Bonchev–Trinajstić information content (AvgIpc) is 2.27. The van der Waals surface area contributed by atoms with Crippen LogP contribution in [-0.4, -0.2) is 19.8 Å². The van der Waals surface area contributed by atoms with E-state index in [9.17, 15) is 13.2 Å². The van der Waals surface area contributed by atoms with Crippen LogP contribution in [0.5, 0.6) is 0 Å². The van der Waals surface area contributed by atoms with Crippen LogP contribution < -0.4 is 5.73 Å². The molecule has 96 valence electrons. The van der Waals surface area contributed by atoms with Crippen LogP contribution in [0.1, 0.15) is 23.7 Å². The van der Waals surface area contributed by atoms with Crippen LogP contribution in [0.25, 0.3) is 0 Å². The van der Waals surface area contributed by atoms with Gasteiger partial charge >= 0.3 is 6.18 Å². The summed E-state index contributed by atoms with van der Waals surface area (Å²) in [6, 6.07) is 6.44. The molecule has 0 spiro atoms. The van der Waals surface area contributed by atoms with Crippen molar-refractivity contribution in [3.8, 4) is 0 Å². The summed E-state index contributed by atoms with van der Waals surface area (Å²) >= 11 is 0. The SMILES string of the molecule is COC(c1ccccc1CCCN)C(F)(F)F. The lowest BCUT2D eigenvalue weighted by atomic mass is 9.98. The maximum atomic E-state index is 12.8. The second-order valence-electron chi connectivity index (χ2n) is 3.75. The summed E-state index contributed by atoms with van der Waals surface area (Å²) in [6.45, 7) is 0.456. The highest BCUT2D eigenvalue weighted by Gasteiger charge is 2.41. The number of nitrogens with two attached hydrogens (primary N) is 1. The Kier molecular flexibility index (Phi) is 4.96. The van der Waals surface area contributed by atoms with Gasteiger partial charge in [-0.15, -0.1) is 0 Å². The van der Waals surface area contributed by atoms with Gasteiger partial charge in [0, 0.05) is 7.11 Å². The number of methoxy groups -OCH3 is 1. The number of benzene rings is 1. The normalized spacial score (nSPS) is 13.7. The van der Waals surface area contributed by atoms with E-state index < -0.39 is 12.3 Å². The maximum absolute atomic E-state index is 12.8. The molecule has 0 amide bonds. The van der Waals surface area contributed by atoms with E-state index in [4.69, 9.17) is 5.73 Å². The molecular formula is C12H16F3NO. The zero-order chi connectivity index (χ0) is 12.9. The van der Waals surface area contributed by atoms with Crippen molar-refractivity contribution in [2.24, 2.45) is 5.73 Å². The van der Waals surface area contributed by atoms with E-state index in [1.54, 1.807) is 18.2 Å². The predicted molar refractivity (Wildman–Crippen MR) is 59.6 cm³/mol. The van der Waals surface area contributed by atoms with E-state index >= 15 is 0 Å². The highest BCUT2D eigenvalue weighted by Crippen LogP contribution is 2.36. The predicted octanol–water partition coefficient (Wildman–Crippen LogP) is 2.83. The van der Waals surface area contributed by atoms with Gasteiger partial charge in [-0.3, -0.25) is 0 Å². The lowest BCUT2D eigenvalue weighted by Gasteiger charge is -2.21. The molecule has 1 unspecified atom stereocenters. The average molecular weight is 247 g/mol. The molecule has 1 atom stereocenters. The quantitative estimate of drug-likeness (QED) is 0.868. The van der Waals surface area contributed by atoms with E-state index in [0.717, 1.165) is 7.11 Å². The molecule has 1 aromatic carbocycles. The number of rotatable bonds is 5. The third-order valence-corrected chi connectivity index (χ3v) is 2.52. The van der Waals surface area contributed by atoms with Crippen LogP contribution in [0.2, 0.25) is 0 Å². The van der Waals surface area contributed by atoms with Crippen LogP contribution in [0.3, 0.4) is 0 Å². The Morgan fingerprint density at radius 3 is 2.47 bits per heavy atom. The van der Waals surface area contributed by atoms with Crippen LogP contribution >= 0.6 is 0 Å². The zero-order valence-corrected chi connectivity index (χ0v) is 9.63. The molecule has 17 heavy (non-hydrogen) atoms. The minimum Gasteiger partial charge on any atom is -0.367 e. The fraction of sp³-hybridized carbons (Fsp3) is 0.500. The van der Waals surface area contributed by atoms with Crippen LogP contribution in [-0.2, 0) is 11.2 Å². The molecule has 0 aliphatic carbocycles. The fourth-order valence-corrected chi connectivity index (χ4v) is 1.75. The number of halogens is 3. The zero-order valence-electron chi connectivity index (χ0n) is 9.63. The first-order valence-electron chi connectivity index (χ1n) is 5.38. The molecule has 0 saturated carbocycles. The molecule has 0 bridgehead atoms. The van der Waals surface area contributed by atoms with Crippen LogP contribution in [0.4, 0.5) is 13.2 Å². The first kappa shape index (κ1) is 14.0. The summed E-state index contributed by atoms with van der Waals surface area (Å²) in [5.41, 5.74) is 6.19. The molecule has 0 aromatic heterocycles. The second-order valence-corrected chi connectivity index (χ2v) is 3.75. The summed E-state index contributed by atoms with van der Waals surface area (Å²) in [7, 11) is 1.07. The van der Waals surface area contributed by atoms with Gasteiger partial charge in [0.05, 0.1) is 0 Å². The Morgan fingerprint density at radius 1 is 1.29 bits per heavy atom. The number of ether oxygens (including phenoxy) is 1. The molecule has 0 heterocycles. The summed E-state index contributed by atoms with van der Waals surface area (Å²) in [5, 5.41) is 0. The van der Waals surface area contributed by atoms with Crippen molar-refractivity contribution in [1.82, 2.24) is 0 Å². The van der Waals surface area contributed by atoms with Crippen molar-refractivity contribution >= 4 is 0 Å². The van der Waals surface area contributed by atoms with Crippen molar-refractivity contribution < 1.29 is 17.9 Å². The summed E-state index contributed by atoms with van der Waals surface area (Å²) in [6.07, 6.45) is -5.07. The smallest absolute Gasteiger partial charge is 0.367 e. The van der Waals surface area contributed by atoms with Gasteiger partial charge in [0.25, 0.3) is 0 Å². The van der Waals surface area contributed by atoms with Crippen LogP contribution in [0.15, 0.2) is 24.3 Å². The molecule has 0 radical (unpaired) electrons. The van der Waals surface area contributed by atoms with E-state index in [1.807, 2.05) is 0 Å². The van der Waals surface area contributed by atoms with E-state index in [0.29, 0.717) is 24.9 Å². The molecule has 0 saturated heterocycles. The largest absolute Gasteiger partial charge is 0.418 e. The summed E-state index contributed by atoms with van der Waals surface area (Å²) < 4.78 is 42.8. The Hall–Kier alpha value is -1.07. The molecule has 0 fully saturated rings. The van der Waals surface area contributed by atoms with Gasteiger partial charge in [-0.1, -0.05) is 24.3 Å². The summed E-state index contributed by atoms with van der Waals surface area (Å²) in [4.78, 5) is 0. The highest BCUT2D eigenvalue weighted by molar-refractivity contribution is 5.30. The number of alkyl halides is 3. The molecule has 2 nitrogen and oxygen atoms in total. The lowest BCUT2D eigenvalue weighted by molar-refractivity contribution is -0.216. The van der Waals surface area contributed by atoms with Gasteiger partial charge in [0.1, 0.15) is 0 Å². The first-order valence-corrected chi connectivity index (χ1v) is 5.38. The van der Waals surface area contributed by atoms with E-state index in [2.05, 4.69) is 4.74 Å². The Bertz CT molecular complexity index is 352. The van der Waals surface area contributed by atoms with Crippen LogP contribution in [0, 0.1) is 0 Å². The van der Waals surface area contributed by atoms with Crippen molar-refractivity contribution in [3.05, 3.63) is 35.4 Å². The maximum Gasteiger partial charge on any atom is 0.418 e. The fourth-order valence-electron chi connectivity index (χ4n) is 1.75. The highest BCUT2D eigenvalue weighted by atomic mass is 19.4. The summed E-state index contributed by atoms with van der Waals surface area (Å²) in [5.74, 6) is 0. The van der Waals surface area contributed by atoms with E-state index in [-0.39, 0.29) is 5.56 Å². The molecule has 1 rings (SSSR count). The second kappa shape index (κ2) is 6.02. The Morgan fingerprint density at radius 2 is 1.94 bits per heavy atom. The third kappa shape index (κ3) is 3.71. The molecule has 0 aliphatic heterocycles. The number of aryl methyl sites for hydroxylation is 1. The molecule has 5 heteroatoms. The van der Waals surface area contributed by atoms with Gasteiger partial charge in [0.15, 0.2) is 6.10 Å². The van der Waals surface area contributed by atoms with E-state index in [1.165, 1.54) is 6.07 Å². The number of hydrogen-bond acceptors (Lipinski definition) is 2. The molecular weight excluding hydrogens is 231 g/mol. The lowest BCUT2D eigenvalue weighted by Crippen LogP contribution is -2.23. The van der Waals surface area contributed by atoms with Gasteiger partial charge in [-0.25, -0.2) is 0 Å². The first-order chi connectivity index (χ1) is 8.00. The third-order valence-electron chi connectivity index (χ3n) is 2.52. The van der Waals surface area contributed by atoms with Crippen molar-refractivity contribution in [2.75, 3.05) is 13.7 Å². The van der Waals surface area contributed by atoms with Crippen molar-refractivity contribution in [1.29, 1.82) is 0 Å². The van der Waals surface area contributed by atoms with Gasteiger partial charge < -0.3 is 10.5 Å². The van der Waals surface area contributed by atoms with Gasteiger partial charge in [-0.2, -0.15) is 13.2 Å². The van der Waals surface area contributed by atoms with Crippen molar-refractivity contribution in [2.45, 2.75) is 25.1 Å². The standard InChI is InChI=1S/C12H16F3NO/c1-17-11(12(13,14)15)10-7-3-2-5-9(10)6-4-8-16/h2-3,5,7,11H,4,6,8,16H2,1H3. The minimum atomic E-state index is -4.40. The number of hydrogen-bond donors (Lipinski definition) is 1. The Labute approximate surface area is 98.6 Å².